The third kappa shape index (κ3) is 3.40. The van der Waals surface area contributed by atoms with E-state index in [1.54, 1.807) is 0 Å². The summed E-state index contributed by atoms with van der Waals surface area (Å²) in [6, 6.07) is 8.57. The van der Waals surface area contributed by atoms with Gasteiger partial charge in [-0.25, -0.2) is 0 Å². The van der Waals surface area contributed by atoms with Crippen LogP contribution < -0.4 is 5.32 Å². The van der Waals surface area contributed by atoms with Crippen LogP contribution in [0.2, 0.25) is 0 Å². The first-order valence-electron chi connectivity index (χ1n) is 4.76. The highest BCUT2D eigenvalue weighted by atomic mass is 79.9. The maximum atomic E-state index is 8.91. The van der Waals surface area contributed by atoms with Gasteiger partial charge in [-0.15, -0.1) is 0 Å². The third-order valence-electron chi connectivity index (χ3n) is 2.16. The van der Waals surface area contributed by atoms with E-state index in [-0.39, 0.29) is 18.7 Å². The topological polar surface area (TPSA) is 32.3 Å². The Balaban J connectivity index is 2.64. The molecule has 3 heteroatoms. The highest BCUT2D eigenvalue weighted by Gasteiger charge is 2.08. The summed E-state index contributed by atoms with van der Waals surface area (Å²) < 4.78 is 1.08. The van der Waals surface area contributed by atoms with E-state index >= 15 is 0 Å². The van der Waals surface area contributed by atoms with E-state index in [9.17, 15) is 0 Å². The Hall–Kier alpha value is -0.380. The van der Waals surface area contributed by atoms with Crippen LogP contribution in [0.1, 0.15) is 25.5 Å². The van der Waals surface area contributed by atoms with Crippen LogP contribution in [0, 0.1) is 0 Å². The minimum atomic E-state index is 0.129. The van der Waals surface area contributed by atoms with Crippen LogP contribution in [0.15, 0.2) is 28.7 Å². The van der Waals surface area contributed by atoms with Crippen LogP contribution in [0.5, 0.6) is 0 Å². The smallest absolute Gasteiger partial charge is 0.0582 e. The molecule has 0 saturated heterocycles. The molecule has 78 valence electrons. The molecule has 1 unspecified atom stereocenters. The zero-order chi connectivity index (χ0) is 10.6. The van der Waals surface area contributed by atoms with Crippen LogP contribution in [0.3, 0.4) is 0 Å². The van der Waals surface area contributed by atoms with Gasteiger partial charge < -0.3 is 10.4 Å². The molecule has 1 aromatic carbocycles. The number of nitrogens with one attached hydrogen (secondary N) is 1. The second-order valence-corrected chi connectivity index (χ2v) is 4.44. The Morgan fingerprint density at radius 3 is 2.71 bits per heavy atom. The molecule has 2 atom stereocenters. The standard InChI is InChI=1S/C11H16BrNO/c1-8(7-14)13-9(2)10-4-3-5-11(12)6-10/h3-6,8-9,13-14H,7H2,1-2H3/t8-,9?/m1/s1. The summed E-state index contributed by atoms with van der Waals surface area (Å²) >= 11 is 3.44. The molecule has 0 saturated carbocycles. The predicted octanol–water partition coefficient (Wildman–Crippen LogP) is 2.48. The Labute approximate surface area is 93.5 Å². The van der Waals surface area contributed by atoms with Crippen molar-refractivity contribution in [3.63, 3.8) is 0 Å². The number of hydrogen-bond donors (Lipinski definition) is 2. The molecule has 1 rings (SSSR count). The minimum Gasteiger partial charge on any atom is -0.395 e. The number of aliphatic hydroxyl groups excluding tert-OH is 1. The van der Waals surface area contributed by atoms with Crippen molar-refractivity contribution in [3.05, 3.63) is 34.3 Å². The molecule has 1 aromatic rings. The summed E-state index contributed by atoms with van der Waals surface area (Å²) in [4.78, 5) is 0. The van der Waals surface area contributed by atoms with E-state index < -0.39 is 0 Å². The number of rotatable bonds is 4. The fourth-order valence-corrected chi connectivity index (χ4v) is 1.77. The van der Waals surface area contributed by atoms with Crippen LogP contribution in [0.25, 0.3) is 0 Å². The first-order chi connectivity index (χ1) is 6.63. The van der Waals surface area contributed by atoms with Crippen molar-refractivity contribution in [2.45, 2.75) is 25.9 Å². The van der Waals surface area contributed by atoms with Crippen molar-refractivity contribution in [3.8, 4) is 0 Å². The SMILES string of the molecule is CC(N[C@H](C)CO)c1cccc(Br)c1. The molecule has 0 spiro atoms. The van der Waals surface area contributed by atoms with Crippen LogP contribution in [-0.2, 0) is 0 Å². The number of halogens is 1. The van der Waals surface area contributed by atoms with Gasteiger partial charge in [-0.05, 0) is 31.5 Å². The van der Waals surface area contributed by atoms with Gasteiger partial charge in [0.25, 0.3) is 0 Å². The summed E-state index contributed by atoms with van der Waals surface area (Å²) in [5.41, 5.74) is 1.22. The van der Waals surface area contributed by atoms with E-state index in [1.165, 1.54) is 5.56 Å². The van der Waals surface area contributed by atoms with Gasteiger partial charge in [0.2, 0.25) is 0 Å². The quantitative estimate of drug-likeness (QED) is 0.869. The largest absolute Gasteiger partial charge is 0.395 e. The van der Waals surface area contributed by atoms with Crippen molar-refractivity contribution < 1.29 is 5.11 Å². The van der Waals surface area contributed by atoms with Gasteiger partial charge in [-0.3, -0.25) is 0 Å². The van der Waals surface area contributed by atoms with E-state index in [2.05, 4.69) is 40.3 Å². The summed E-state index contributed by atoms with van der Waals surface area (Å²) in [6.45, 7) is 4.22. The molecule has 0 fully saturated rings. The fourth-order valence-electron chi connectivity index (χ4n) is 1.35. The maximum Gasteiger partial charge on any atom is 0.0582 e. The lowest BCUT2D eigenvalue weighted by molar-refractivity contribution is 0.243. The molecule has 2 N–H and O–H groups in total. The highest BCUT2D eigenvalue weighted by Crippen LogP contribution is 2.17. The van der Waals surface area contributed by atoms with Gasteiger partial charge in [0.15, 0.2) is 0 Å². The molecule has 0 radical (unpaired) electrons. The monoisotopic (exact) mass is 257 g/mol. The summed E-state index contributed by atoms with van der Waals surface area (Å²) in [6.07, 6.45) is 0. The van der Waals surface area contributed by atoms with Gasteiger partial charge >= 0.3 is 0 Å². The van der Waals surface area contributed by atoms with E-state index in [0.29, 0.717) is 0 Å². The second kappa shape index (κ2) is 5.49. The zero-order valence-electron chi connectivity index (χ0n) is 8.50. The van der Waals surface area contributed by atoms with E-state index in [0.717, 1.165) is 4.47 Å². The van der Waals surface area contributed by atoms with Gasteiger partial charge in [-0.1, -0.05) is 28.1 Å². The van der Waals surface area contributed by atoms with Crippen molar-refractivity contribution in [1.82, 2.24) is 5.32 Å². The molecule has 0 aromatic heterocycles. The number of aliphatic hydroxyl groups is 1. The Morgan fingerprint density at radius 1 is 1.43 bits per heavy atom. The number of benzene rings is 1. The van der Waals surface area contributed by atoms with Gasteiger partial charge in [0.05, 0.1) is 6.61 Å². The van der Waals surface area contributed by atoms with Crippen LogP contribution >= 0.6 is 15.9 Å². The molecule has 0 aliphatic rings. The first-order valence-corrected chi connectivity index (χ1v) is 5.55. The lowest BCUT2D eigenvalue weighted by Crippen LogP contribution is -2.31. The normalized spacial score (nSPS) is 15.1. The molecular formula is C11H16BrNO. The molecule has 0 amide bonds. The Bertz CT molecular complexity index is 290. The first kappa shape index (κ1) is 11.7. The molecule has 0 bridgehead atoms. The summed E-state index contributed by atoms with van der Waals surface area (Å²) in [5, 5.41) is 12.2. The highest BCUT2D eigenvalue weighted by molar-refractivity contribution is 9.10. The molecule has 0 aliphatic heterocycles. The van der Waals surface area contributed by atoms with Crippen molar-refractivity contribution in [1.29, 1.82) is 0 Å². The molecular weight excluding hydrogens is 242 g/mol. The van der Waals surface area contributed by atoms with Gasteiger partial charge in [0.1, 0.15) is 0 Å². The van der Waals surface area contributed by atoms with Gasteiger partial charge in [-0.2, -0.15) is 0 Å². The lowest BCUT2D eigenvalue weighted by Gasteiger charge is -2.18. The number of hydrogen-bond acceptors (Lipinski definition) is 2. The average Bonchev–Trinajstić information content (AvgIpc) is 2.17. The van der Waals surface area contributed by atoms with Crippen molar-refractivity contribution >= 4 is 15.9 Å². The lowest BCUT2D eigenvalue weighted by atomic mass is 10.1. The van der Waals surface area contributed by atoms with Crippen LogP contribution in [-0.4, -0.2) is 17.8 Å². The second-order valence-electron chi connectivity index (χ2n) is 3.53. The zero-order valence-corrected chi connectivity index (χ0v) is 10.1. The Kier molecular flexibility index (Phi) is 4.58. The van der Waals surface area contributed by atoms with Gasteiger partial charge in [0, 0.05) is 16.6 Å². The third-order valence-corrected chi connectivity index (χ3v) is 2.65. The van der Waals surface area contributed by atoms with Crippen LogP contribution in [0.4, 0.5) is 0 Å². The summed E-state index contributed by atoms with van der Waals surface area (Å²) in [7, 11) is 0. The van der Waals surface area contributed by atoms with Crippen molar-refractivity contribution in [2.75, 3.05) is 6.61 Å². The summed E-state index contributed by atoms with van der Waals surface area (Å²) in [5.74, 6) is 0. The molecule has 0 aliphatic carbocycles. The fraction of sp³-hybridized carbons (Fsp3) is 0.455. The maximum absolute atomic E-state index is 8.91. The van der Waals surface area contributed by atoms with E-state index in [4.69, 9.17) is 5.11 Å². The average molecular weight is 258 g/mol. The minimum absolute atomic E-state index is 0.129. The molecule has 14 heavy (non-hydrogen) atoms. The molecule has 0 heterocycles. The Morgan fingerprint density at radius 2 is 2.14 bits per heavy atom. The van der Waals surface area contributed by atoms with Crippen molar-refractivity contribution in [2.24, 2.45) is 0 Å². The van der Waals surface area contributed by atoms with E-state index in [1.807, 2.05) is 19.1 Å². The molecule has 2 nitrogen and oxygen atoms in total. The predicted molar refractivity (Wildman–Crippen MR) is 62.2 cm³/mol.